The molecule has 11 nitrogen and oxygen atoms in total. The summed E-state index contributed by atoms with van der Waals surface area (Å²) in [6.07, 6.45) is 1.41. The van der Waals surface area contributed by atoms with Gasteiger partial charge in [0.1, 0.15) is 11.1 Å². The van der Waals surface area contributed by atoms with Gasteiger partial charge in [-0.15, -0.1) is 0 Å². The fourth-order valence-corrected chi connectivity index (χ4v) is 3.30. The second-order valence-electron chi connectivity index (χ2n) is 6.99. The third-order valence-corrected chi connectivity index (χ3v) is 4.88. The van der Waals surface area contributed by atoms with Crippen molar-refractivity contribution < 1.29 is 28.7 Å². The maximum Gasteiger partial charge on any atom is 0.341 e. The summed E-state index contributed by atoms with van der Waals surface area (Å²) in [5.74, 6) is -0.811. The Kier molecular flexibility index (Phi) is 7.46. The number of nitrogens with zero attached hydrogens (tertiary/aromatic N) is 3. The molecule has 0 bridgehead atoms. The van der Waals surface area contributed by atoms with Crippen LogP contribution < -0.4 is 14.8 Å². The molecule has 0 radical (unpaired) electrons. The van der Waals surface area contributed by atoms with Gasteiger partial charge in [-0.1, -0.05) is 6.07 Å². The maximum atomic E-state index is 13.0. The summed E-state index contributed by atoms with van der Waals surface area (Å²) in [7, 11) is 1.38. The van der Waals surface area contributed by atoms with E-state index in [1.807, 2.05) is 0 Å². The van der Waals surface area contributed by atoms with Crippen molar-refractivity contribution in [3.63, 3.8) is 0 Å². The Hall–Kier alpha value is -4.41. The predicted molar refractivity (Wildman–Crippen MR) is 123 cm³/mol. The zero-order chi connectivity index (χ0) is 24.8. The van der Waals surface area contributed by atoms with Crippen molar-refractivity contribution in [3.05, 3.63) is 69.5 Å². The minimum Gasteiger partial charge on any atom is -0.493 e. The van der Waals surface area contributed by atoms with Gasteiger partial charge in [-0.3, -0.25) is 14.9 Å². The number of hydrogen-bond acceptors (Lipinski definition) is 8. The van der Waals surface area contributed by atoms with Crippen LogP contribution in [0, 0.1) is 17.0 Å². The molecule has 0 fully saturated rings. The standard InChI is InChI=1S/C23H24N4O7/c1-5-33-21-12-19(27(30)31)17(11-20(21)32-4)22(28)25-15-8-7-9-16(10-15)26-14(3)18(13-24-26)23(29)34-6-2/h7-13H,5-6H2,1-4H3,(H,25,28). The third-order valence-electron chi connectivity index (χ3n) is 4.88. The zero-order valence-electron chi connectivity index (χ0n) is 19.2. The maximum absolute atomic E-state index is 13.0. The van der Waals surface area contributed by atoms with E-state index < -0.39 is 22.5 Å². The Labute approximate surface area is 195 Å². The summed E-state index contributed by atoms with van der Waals surface area (Å²) in [6, 6.07) is 9.12. The normalized spacial score (nSPS) is 10.5. The summed E-state index contributed by atoms with van der Waals surface area (Å²) >= 11 is 0. The van der Waals surface area contributed by atoms with Crippen LogP contribution in [0.2, 0.25) is 0 Å². The van der Waals surface area contributed by atoms with Crippen molar-refractivity contribution in [3.8, 4) is 17.2 Å². The van der Waals surface area contributed by atoms with Gasteiger partial charge in [0.2, 0.25) is 0 Å². The summed E-state index contributed by atoms with van der Waals surface area (Å²) in [4.78, 5) is 36.0. The molecular weight excluding hydrogens is 444 g/mol. The lowest BCUT2D eigenvalue weighted by Gasteiger charge is -2.12. The van der Waals surface area contributed by atoms with Crippen molar-refractivity contribution in [2.45, 2.75) is 20.8 Å². The molecule has 178 valence electrons. The topological polar surface area (TPSA) is 135 Å². The highest BCUT2D eigenvalue weighted by Gasteiger charge is 2.25. The van der Waals surface area contributed by atoms with E-state index in [-0.39, 0.29) is 30.3 Å². The second kappa shape index (κ2) is 10.5. The number of esters is 1. The Morgan fingerprint density at radius 2 is 1.88 bits per heavy atom. The Morgan fingerprint density at radius 1 is 1.12 bits per heavy atom. The first-order valence-electron chi connectivity index (χ1n) is 10.4. The van der Waals surface area contributed by atoms with E-state index in [9.17, 15) is 19.7 Å². The molecule has 0 aliphatic heterocycles. The molecule has 1 N–H and O–H groups in total. The van der Waals surface area contributed by atoms with Gasteiger partial charge < -0.3 is 19.5 Å². The van der Waals surface area contributed by atoms with Crippen LogP contribution in [0.3, 0.4) is 0 Å². The summed E-state index contributed by atoms with van der Waals surface area (Å²) < 4.78 is 17.2. The van der Waals surface area contributed by atoms with Crippen LogP contribution in [0.15, 0.2) is 42.6 Å². The number of rotatable bonds is 9. The molecule has 34 heavy (non-hydrogen) atoms. The van der Waals surface area contributed by atoms with Crippen LogP contribution in [0.5, 0.6) is 11.5 Å². The van der Waals surface area contributed by atoms with E-state index in [0.29, 0.717) is 22.6 Å². The SMILES string of the molecule is CCOC(=O)c1cnn(-c2cccc(NC(=O)c3cc(OC)c(OCC)cc3[N+](=O)[O-])c2)c1C. The van der Waals surface area contributed by atoms with Gasteiger partial charge in [0, 0.05) is 11.8 Å². The molecule has 0 saturated carbocycles. The summed E-state index contributed by atoms with van der Waals surface area (Å²) in [5, 5.41) is 18.5. The molecule has 2 aromatic carbocycles. The average molecular weight is 468 g/mol. The van der Waals surface area contributed by atoms with E-state index in [4.69, 9.17) is 14.2 Å². The lowest BCUT2D eigenvalue weighted by atomic mass is 10.1. The van der Waals surface area contributed by atoms with Gasteiger partial charge in [0.15, 0.2) is 11.5 Å². The number of carbonyl (C=O) groups excluding carboxylic acids is 2. The van der Waals surface area contributed by atoms with Crippen LogP contribution in [0.25, 0.3) is 5.69 Å². The fourth-order valence-electron chi connectivity index (χ4n) is 3.30. The van der Waals surface area contributed by atoms with Gasteiger partial charge in [0.05, 0.1) is 48.9 Å². The number of carbonyl (C=O) groups is 2. The van der Waals surface area contributed by atoms with Crippen LogP contribution in [-0.4, -0.2) is 46.9 Å². The first-order chi connectivity index (χ1) is 16.3. The molecule has 0 unspecified atom stereocenters. The predicted octanol–water partition coefficient (Wildman–Crippen LogP) is 3.93. The number of ether oxygens (including phenoxy) is 3. The third kappa shape index (κ3) is 4.98. The van der Waals surface area contributed by atoms with Gasteiger partial charge in [0.25, 0.3) is 11.6 Å². The van der Waals surface area contributed by atoms with E-state index in [0.717, 1.165) is 6.07 Å². The Bertz CT molecular complexity index is 1240. The van der Waals surface area contributed by atoms with Crippen molar-refractivity contribution in [2.24, 2.45) is 0 Å². The molecule has 0 saturated heterocycles. The van der Waals surface area contributed by atoms with Gasteiger partial charge >= 0.3 is 5.97 Å². The van der Waals surface area contributed by atoms with Gasteiger partial charge in [-0.25, -0.2) is 9.48 Å². The molecule has 3 rings (SSSR count). The van der Waals surface area contributed by atoms with Crippen LogP contribution in [0.4, 0.5) is 11.4 Å². The number of anilines is 1. The zero-order valence-corrected chi connectivity index (χ0v) is 19.2. The summed E-state index contributed by atoms with van der Waals surface area (Å²) in [6.45, 7) is 5.69. The monoisotopic (exact) mass is 468 g/mol. The molecule has 0 aliphatic rings. The van der Waals surface area contributed by atoms with Gasteiger partial charge in [-0.2, -0.15) is 5.10 Å². The minimum atomic E-state index is -0.699. The Morgan fingerprint density at radius 3 is 2.53 bits per heavy atom. The molecule has 1 aromatic heterocycles. The number of nitrogens with one attached hydrogen (secondary N) is 1. The van der Waals surface area contributed by atoms with E-state index in [1.54, 1.807) is 45.0 Å². The molecule has 0 aliphatic carbocycles. The minimum absolute atomic E-state index is 0.168. The Balaban J connectivity index is 1.92. The molecule has 1 heterocycles. The number of hydrogen-bond donors (Lipinski definition) is 1. The molecule has 0 spiro atoms. The van der Waals surface area contributed by atoms with Crippen molar-refractivity contribution in [2.75, 3.05) is 25.6 Å². The molecular formula is C23H24N4O7. The highest BCUT2D eigenvalue weighted by molar-refractivity contribution is 6.07. The highest BCUT2D eigenvalue weighted by Crippen LogP contribution is 2.35. The van der Waals surface area contributed by atoms with Gasteiger partial charge in [-0.05, 0) is 39.0 Å². The number of nitro groups is 1. The van der Waals surface area contributed by atoms with Crippen LogP contribution in [0.1, 0.15) is 40.3 Å². The largest absolute Gasteiger partial charge is 0.493 e. The van der Waals surface area contributed by atoms with Crippen LogP contribution in [-0.2, 0) is 4.74 Å². The van der Waals surface area contributed by atoms with Crippen molar-refractivity contribution in [1.29, 1.82) is 0 Å². The lowest BCUT2D eigenvalue weighted by molar-refractivity contribution is -0.385. The molecule has 3 aromatic rings. The first kappa shape index (κ1) is 24.2. The first-order valence-corrected chi connectivity index (χ1v) is 10.4. The van der Waals surface area contributed by atoms with Crippen LogP contribution >= 0.6 is 0 Å². The molecule has 0 atom stereocenters. The van der Waals surface area contributed by atoms with E-state index in [1.165, 1.54) is 24.1 Å². The lowest BCUT2D eigenvalue weighted by Crippen LogP contribution is -2.15. The van der Waals surface area contributed by atoms with E-state index in [2.05, 4.69) is 10.4 Å². The number of amides is 1. The quantitative estimate of drug-likeness (QED) is 0.284. The second-order valence-corrected chi connectivity index (χ2v) is 6.99. The smallest absolute Gasteiger partial charge is 0.341 e. The molecule has 1 amide bonds. The van der Waals surface area contributed by atoms with Crippen molar-refractivity contribution >= 4 is 23.3 Å². The fraction of sp³-hybridized carbons (Fsp3) is 0.261. The van der Waals surface area contributed by atoms with Crippen molar-refractivity contribution in [1.82, 2.24) is 9.78 Å². The highest BCUT2D eigenvalue weighted by atomic mass is 16.6. The summed E-state index contributed by atoms with van der Waals surface area (Å²) in [5.41, 5.74) is 1.24. The number of aromatic nitrogens is 2. The van der Waals surface area contributed by atoms with E-state index >= 15 is 0 Å². The molecule has 11 heteroatoms. The number of nitro benzene ring substituents is 1. The number of benzene rings is 2. The average Bonchev–Trinajstić information content (AvgIpc) is 3.20. The number of methoxy groups -OCH3 is 1.